The molecule has 2 aromatic carbocycles. The van der Waals surface area contributed by atoms with Gasteiger partial charge in [-0.2, -0.15) is 8.78 Å². The van der Waals surface area contributed by atoms with Crippen LogP contribution in [0.25, 0.3) is 6.08 Å². The molecule has 29 heavy (non-hydrogen) atoms. The second-order valence-electron chi connectivity index (χ2n) is 6.23. The summed E-state index contributed by atoms with van der Waals surface area (Å²) in [5, 5.41) is 0. The number of fused-ring (bicyclic) bond motifs is 1. The molecule has 2 aromatic rings. The van der Waals surface area contributed by atoms with Crippen LogP contribution >= 0.6 is 0 Å². The fraction of sp³-hybridized carbons (Fsp3) is 0.286. The van der Waals surface area contributed by atoms with E-state index < -0.39 is 6.61 Å². The molecule has 6 nitrogen and oxygen atoms in total. The molecule has 0 spiro atoms. The van der Waals surface area contributed by atoms with E-state index in [1.54, 1.807) is 37.1 Å². The van der Waals surface area contributed by atoms with E-state index in [0.29, 0.717) is 30.2 Å². The average Bonchev–Trinajstić information content (AvgIpc) is 3.15. The summed E-state index contributed by atoms with van der Waals surface area (Å²) in [5.74, 6) is 1.27. The second kappa shape index (κ2) is 9.27. The normalized spacial score (nSPS) is 12.4. The van der Waals surface area contributed by atoms with Crippen molar-refractivity contribution in [2.45, 2.75) is 20.1 Å². The highest BCUT2D eigenvalue weighted by Gasteiger charge is 2.15. The Morgan fingerprint density at radius 1 is 1.17 bits per heavy atom. The van der Waals surface area contributed by atoms with Crippen molar-refractivity contribution in [3.05, 3.63) is 53.6 Å². The SMILES string of the molecule is CCOc1cc(/C=C/C(=O)N(C)Cc2ccc3c(c2)OCO3)ccc1OC(F)F. The molecule has 1 amide bonds. The first-order chi connectivity index (χ1) is 14.0. The molecule has 154 valence electrons. The summed E-state index contributed by atoms with van der Waals surface area (Å²) in [5.41, 5.74) is 1.53. The third kappa shape index (κ3) is 5.37. The number of carbonyl (C=O) groups is 1. The molecule has 0 bridgehead atoms. The molecule has 3 rings (SSSR count). The van der Waals surface area contributed by atoms with Gasteiger partial charge in [0.15, 0.2) is 23.0 Å². The Kier molecular flexibility index (Phi) is 6.54. The van der Waals surface area contributed by atoms with Crippen LogP contribution in [0.3, 0.4) is 0 Å². The highest BCUT2D eigenvalue weighted by atomic mass is 19.3. The summed E-state index contributed by atoms with van der Waals surface area (Å²) >= 11 is 0. The van der Waals surface area contributed by atoms with Crippen LogP contribution in [0.2, 0.25) is 0 Å². The minimum Gasteiger partial charge on any atom is -0.490 e. The van der Waals surface area contributed by atoms with Crippen LogP contribution in [0.15, 0.2) is 42.5 Å². The summed E-state index contributed by atoms with van der Waals surface area (Å²) in [6.07, 6.45) is 3.00. The molecule has 0 atom stereocenters. The maximum atomic E-state index is 12.5. The van der Waals surface area contributed by atoms with Gasteiger partial charge in [0.25, 0.3) is 0 Å². The highest BCUT2D eigenvalue weighted by molar-refractivity contribution is 5.91. The molecule has 0 aromatic heterocycles. The van der Waals surface area contributed by atoms with Crippen molar-refractivity contribution in [2.75, 3.05) is 20.4 Å². The molecule has 1 heterocycles. The Morgan fingerprint density at radius 2 is 1.97 bits per heavy atom. The first-order valence-corrected chi connectivity index (χ1v) is 8.99. The quantitative estimate of drug-likeness (QED) is 0.620. The van der Waals surface area contributed by atoms with Gasteiger partial charge in [0.2, 0.25) is 12.7 Å². The Balaban J connectivity index is 1.65. The summed E-state index contributed by atoms with van der Waals surface area (Å²) in [6.45, 7) is -0.318. The third-order valence-corrected chi connectivity index (χ3v) is 4.13. The van der Waals surface area contributed by atoms with Gasteiger partial charge in [-0.05, 0) is 48.4 Å². The van der Waals surface area contributed by atoms with Gasteiger partial charge in [-0.15, -0.1) is 0 Å². The monoisotopic (exact) mass is 405 g/mol. The van der Waals surface area contributed by atoms with Gasteiger partial charge in [-0.3, -0.25) is 4.79 Å². The summed E-state index contributed by atoms with van der Waals surface area (Å²) in [7, 11) is 1.68. The number of rotatable bonds is 8. The number of ether oxygens (including phenoxy) is 4. The van der Waals surface area contributed by atoms with Crippen LogP contribution in [0.5, 0.6) is 23.0 Å². The fourth-order valence-corrected chi connectivity index (χ4v) is 2.78. The second-order valence-corrected chi connectivity index (χ2v) is 6.23. The summed E-state index contributed by atoms with van der Waals surface area (Å²) in [4.78, 5) is 14.0. The molecule has 0 fully saturated rings. The fourth-order valence-electron chi connectivity index (χ4n) is 2.78. The minimum atomic E-state index is -2.94. The summed E-state index contributed by atoms with van der Waals surface area (Å²) < 4.78 is 45.4. The Labute approximate surface area is 167 Å². The van der Waals surface area contributed by atoms with Gasteiger partial charge in [-0.1, -0.05) is 12.1 Å². The molecule has 0 unspecified atom stereocenters. The van der Waals surface area contributed by atoms with Gasteiger partial charge < -0.3 is 23.8 Å². The lowest BCUT2D eigenvalue weighted by Crippen LogP contribution is -2.24. The van der Waals surface area contributed by atoms with Gasteiger partial charge in [0, 0.05) is 19.7 Å². The molecule has 0 saturated carbocycles. The lowest BCUT2D eigenvalue weighted by molar-refractivity contribution is -0.125. The Hall–Kier alpha value is -3.29. The van der Waals surface area contributed by atoms with Crippen molar-refractivity contribution >= 4 is 12.0 Å². The maximum Gasteiger partial charge on any atom is 0.387 e. The third-order valence-electron chi connectivity index (χ3n) is 4.13. The van der Waals surface area contributed by atoms with Gasteiger partial charge in [0.05, 0.1) is 6.61 Å². The van der Waals surface area contributed by atoms with E-state index >= 15 is 0 Å². The van der Waals surface area contributed by atoms with Crippen LogP contribution in [0.4, 0.5) is 8.78 Å². The van der Waals surface area contributed by atoms with Crippen molar-refractivity contribution in [3.63, 3.8) is 0 Å². The lowest BCUT2D eigenvalue weighted by atomic mass is 10.1. The molecular weight excluding hydrogens is 384 g/mol. The zero-order valence-electron chi connectivity index (χ0n) is 16.1. The number of hydrogen-bond acceptors (Lipinski definition) is 5. The van der Waals surface area contributed by atoms with Crippen LogP contribution in [0, 0.1) is 0 Å². The molecule has 1 aliphatic heterocycles. The predicted molar refractivity (Wildman–Crippen MR) is 102 cm³/mol. The standard InChI is InChI=1S/C21H21F2NO5/c1-3-26-19-10-14(4-8-17(19)29-21(22)23)6-9-20(25)24(2)12-15-5-7-16-18(11-15)28-13-27-16/h4-11,21H,3,12-13H2,1-2H3/b9-6+. The largest absolute Gasteiger partial charge is 0.490 e. The van der Waals surface area contributed by atoms with Crippen molar-refractivity contribution in [3.8, 4) is 23.0 Å². The smallest absolute Gasteiger partial charge is 0.387 e. The van der Waals surface area contributed by atoms with Crippen molar-refractivity contribution < 1.29 is 32.5 Å². The number of nitrogens with zero attached hydrogens (tertiary/aromatic N) is 1. The van der Waals surface area contributed by atoms with Crippen LogP contribution in [-0.4, -0.2) is 37.9 Å². The van der Waals surface area contributed by atoms with Crippen molar-refractivity contribution in [1.29, 1.82) is 0 Å². The number of halogens is 2. The van der Waals surface area contributed by atoms with Crippen LogP contribution < -0.4 is 18.9 Å². The lowest BCUT2D eigenvalue weighted by Gasteiger charge is -2.15. The average molecular weight is 405 g/mol. The number of likely N-dealkylation sites (N-methyl/N-ethyl adjacent to an activating group) is 1. The van der Waals surface area contributed by atoms with E-state index in [-0.39, 0.29) is 24.2 Å². The molecule has 0 radical (unpaired) electrons. The number of hydrogen-bond donors (Lipinski definition) is 0. The number of carbonyl (C=O) groups excluding carboxylic acids is 1. The highest BCUT2D eigenvalue weighted by Crippen LogP contribution is 2.33. The van der Waals surface area contributed by atoms with Gasteiger partial charge in [-0.25, -0.2) is 0 Å². The van der Waals surface area contributed by atoms with E-state index in [0.717, 1.165) is 5.56 Å². The molecule has 0 N–H and O–H groups in total. The molecule has 8 heteroatoms. The molecular formula is C21H21F2NO5. The summed E-state index contributed by atoms with van der Waals surface area (Å²) in [6, 6.07) is 10.0. The number of alkyl halides is 2. The molecule has 1 aliphatic rings. The zero-order valence-corrected chi connectivity index (χ0v) is 16.1. The Morgan fingerprint density at radius 3 is 2.72 bits per heavy atom. The van der Waals surface area contributed by atoms with Gasteiger partial charge >= 0.3 is 6.61 Å². The van der Waals surface area contributed by atoms with Crippen molar-refractivity contribution in [2.24, 2.45) is 0 Å². The van der Waals surface area contributed by atoms with E-state index in [1.807, 2.05) is 18.2 Å². The van der Waals surface area contributed by atoms with E-state index in [2.05, 4.69) is 4.74 Å². The number of benzene rings is 2. The first-order valence-electron chi connectivity index (χ1n) is 8.99. The molecule has 0 saturated heterocycles. The topological polar surface area (TPSA) is 57.2 Å². The molecule has 0 aliphatic carbocycles. The van der Waals surface area contributed by atoms with Crippen LogP contribution in [-0.2, 0) is 11.3 Å². The first kappa shape index (κ1) is 20.4. The Bertz CT molecular complexity index is 901. The minimum absolute atomic E-state index is 0.0507. The predicted octanol–water partition coefficient (Wildman–Crippen LogP) is 4.09. The van der Waals surface area contributed by atoms with Gasteiger partial charge in [0.1, 0.15) is 0 Å². The van der Waals surface area contributed by atoms with E-state index in [4.69, 9.17) is 14.2 Å². The van der Waals surface area contributed by atoms with E-state index in [9.17, 15) is 13.6 Å². The van der Waals surface area contributed by atoms with Crippen LogP contribution in [0.1, 0.15) is 18.1 Å². The van der Waals surface area contributed by atoms with E-state index in [1.165, 1.54) is 12.1 Å². The number of amides is 1. The van der Waals surface area contributed by atoms with Crippen molar-refractivity contribution in [1.82, 2.24) is 4.90 Å². The maximum absolute atomic E-state index is 12.5. The zero-order chi connectivity index (χ0) is 20.8.